The maximum absolute atomic E-state index is 13.1. The van der Waals surface area contributed by atoms with Gasteiger partial charge in [-0.1, -0.05) is 71.6 Å². The molecule has 0 aromatic heterocycles. The quantitative estimate of drug-likeness (QED) is 0.297. The highest BCUT2D eigenvalue weighted by atomic mass is 16.5. The fraction of sp³-hybridized carbons (Fsp3) is 0.778. The van der Waals surface area contributed by atoms with Gasteiger partial charge < -0.3 is 4.74 Å². The van der Waals surface area contributed by atoms with Gasteiger partial charge in [-0.25, -0.2) is 4.79 Å². The van der Waals surface area contributed by atoms with E-state index in [-0.39, 0.29) is 5.97 Å². The third-order valence-corrected chi connectivity index (χ3v) is 12.8. The van der Waals surface area contributed by atoms with E-state index in [0.717, 1.165) is 30.1 Å². The zero-order valence-corrected chi connectivity index (χ0v) is 25.4. The van der Waals surface area contributed by atoms with Gasteiger partial charge in [0.2, 0.25) is 0 Å². The van der Waals surface area contributed by atoms with Gasteiger partial charge in [0.05, 0.1) is 12.2 Å². The van der Waals surface area contributed by atoms with Crippen molar-refractivity contribution in [3.8, 4) is 0 Å². The summed E-state index contributed by atoms with van der Waals surface area (Å²) in [4.78, 5) is 25.4. The normalized spacial score (nSPS) is 39.1. The molecule has 4 aliphatic rings. The summed E-state index contributed by atoms with van der Waals surface area (Å²) in [6, 6.07) is 9.31. The second-order valence-electron chi connectivity index (χ2n) is 14.9. The van der Waals surface area contributed by atoms with E-state index in [1.54, 1.807) is 0 Å². The lowest BCUT2D eigenvalue weighted by Crippen LogP contribution is -2.57. The lowest BCUT2D eigenvalue weighted by molar-refractivity contribution is -0.156. The van der Waals surface area contributed by atoms with Gasteiger partial charge in [-0.05, 0) is 123 Å². The SMILES string of the molecule is CC(=O)C1CC2CCCC[C@]2(C)[C@H]2CC[C@]3(C)[C@@H]([C@H](C)CCCC(C)COC(=O)c4ccccc4)CC[C@H]3[C@H]12. The Morgan fingerprint density at radius 3 is 2.41 bits per heavy atom. The van der Waals surface area contributed by atoms with Crippen LogP contribution in [0.5, 0.6) is 0 Å². The molecule has 0 radical (unpaired) electrons. The predicted octanol–water partition coefficient (Wildman–Crippen LogP) is 9.15. The van der Waals surface area contributed by atoms with Crippen LogP contribution in [0.1, 0.15) is 122 Å². The average molecular weight is 535 g/mol. The van der Waals surface area contributed by atoms with Gasteiger partial charge in [0, 0.05) is 5.92 Å². The number of rotatable bonds is 9. The first-order valence-electron chi connectivity index (χ1n) is 16.4. The van der Waals surface area contributed by atoms with E-state index >= 15 is 0 Å². The average Bonchev–Trinajstić information content (AvgIpc) is 3.28. The molecule has 3 unspecified atom stereocenters. The second kappa shape index (κ2) is 11.7. The summed E-state index contributed by atoms with van der Waals surface area (Å²) >= 11 is 0. The molecule has 5 rings (SSSR count). The van der Waals surface area contributed by atoms with Gasteiger partial charge in [-0.3, -0.25) is 4.79 Å². The molecule has 216 valence electrons. The predicted molar refractivity (Wildman–Crippen MR) is 158 cm³/mol. The van der Waals surface area contributed by atoms with E-state index in [1.807, 2.05) is 37.3 Å². The smallest absolute Gasteiger partial charge is 0.338 e. The summed E-state index contributed by atoms with van der Waals surface area (Å²) in [5.41, 5.74) is 1.50. The van der Waals surface area contributed by atoms with Gasteiger partial charge in [0.15, 0.2) is 0 Å². The minimum Gasteiger partial charge on any atom is -0.462 e. The molecular weight excluding hydrogens is 480 g/mol. The summed E-state index contributed by atoms with van der Waals surface area (Å²) in [6.07, 6.45) is 15.7. The molecule has 0 aliphatic heterocycles. The zero-order chi connectivity index (χ0) is 27.8. The van der Waals surface area contributed by atoms with Crippen LogP contribution in [0, 0.1) is 58.2 Å². The van der Waals surface area contributed by atoms with Gasteiger partial charge in [-0.15, -0.1) is 0 Å². The van der Waals surface area contributed by atoms with E-state index in [0.29, 0.717) is 52.5 Å². The first kappa shape index (κ1) is 28.9. The molecule has 3 nitrogen and oxygen atoms in total. The Kier molecular flexibility index (Phi) is 8.65. The molecule has 4 saturated carbocycles. The molecule has 0 N–H and O–H groups in total. The third kappa shape index (κ3) is 5.50. The maximum Gasteiger partial charge on any atom is 0.338 e. The molecule has 39 heavy (non-hydrogen) atoms. The van der Waals surface area contributed by atoms with Crippen molar-refractivity contribution in [1.82, 2.24) is 0 Å². The monoisotopic (exact) mass is 534 g/mol. The zero-order valence-electron chi connectivity index (χ0n) is 25.4. The van der Waals surface area contributed by atoms with Gasteiger partial charge in [0.25, 0.3) is 0 Å². The van der Waals surface area contributed by atoms with Gasteiger partial charge in [0.1, 0.15) is 5.78 Å². The molecule has 10 atom stereocenters. The highest BCUT2D eigenvalue weighted by Gasteiger charge is 2.63. The van der Waals surface area contributed by atoms with Crippen molar-refractivity contribution in [3.63, 3.8) is 0 Å². The van der Waals surface area contributed by atoms with Crippen molar-refractivity contribution < 1.29 is 14.3 Å². The Morgan fingerprint density at radius 1 is 0.923 bits per heavy atom. The van der Waals surface area contributed by atoms with Crippen LogP contribution in [0.2, 0.25) is 0 Å². The molecule has 0 saturated heterocycles. The number of carbonyl (C=O) groups excluding carboxylic acids is 2. The Morgan fingerprint density at radius 2 is 1.67 bits per heavy atom. The fourth-order valence-corrected chi connectivity index (χ4v) is 10.7. The summed E-state index contributed by atoms with van der Waals surface area (Å²) < 4.78 is 5.59. The van der Waals surface area contributed by atoms with Crippen LogP contribution in [0.3, 0.4) is 0 Å². The molecule has 0 bridgehead atoms. The first-order valence-corrected chi connectivity index (χ1v) is 16.4. The number of fused-ring (bicyclic) bond motifs is 5. The number of Topliss-reactive ketones (excluding diaryl/α,β-unsaturated/α-hetero) is 1. The van der Waals surface area contributed by atoms with Crippen LogP contribution in [0.4, 0.5) is 0 Å². The highest BCUT2D eigenvalue weighted by molar-refractivity contribution is 5.89. The van der Waals surface area contributed by atoms with E-state index in [4.69, 9.17) is 4.74 Å². The summed E-state index contributed by atoms with van der Waals surface area (Å²) in [5, 5.41) is 0. The number of carbonyl (C=O) groups is 2. The molecule has 4 fully saturated rings. The van der Waals surface area contributed by atoms with E-state index in [2.05, 4.69) is 27.7 Å². The van der Waals surface area contributed by atoms with Crippen molar-refractivity contribution in [2.24, 2.45) is 58.2 Å². The number of ether oxygens (including phenoxy) is 1. The van der Waals surface area contributed by atoms with Crippen molar-refractivity contribution in [2.75, 3.05) is 6.61 Å². The Labute approximate surface area is 238 Å². The molecule has 0 heterocycles. The van der Waals surface area contributed by atoms with Crippen molar-refractivity contribution in [2.45, 2.75) is 112 Å². The summed E-state index contributed by atoms with van der Waals surface area (Å²) in [6.45, 7) is 12.4. The minimum absolute atomic E-state index is 0.212. The first-order chi connectivity index (χ1) is 18.6. The number of benzene rings is 1. The Hall–Kier alpha value is -1.64. The second-order valence-corrected chi connectivity index (χ2v) is 14.9. The maximum atomic E-state index is 13.1. The molecule has 0 spiro atoms. The van der Waals surface area contributed by atoms with Crippen LogP contribution in [0.15, 0.2) is 30.3 Å². The Balaban J connectivity index is 1.17. The van der Waals surface area contributed by atoms with E-state index < -0.39 is 0 Å². The van der Waals surface area contributed by atoms with Crippen molar-refractivity contribution >= 4 is 11.8 Å². The molecule has 3 heteroatoms. The number of hydrogen-bond acceptors (Lipinski definition) is 3. The molecule has 1 aromatic rings. The number of hydrogen-bond donors (Lipinski definition) is 0. The van der Waals surface area contributed by atoms with Crippen molar-refractivity contribution in [1.29, 1.82) is 0 Å². The molecule has 1 aromatic carbocycles. The number of esters is 1. The number of ketones is 1. The summed E-state index contributed by atoms with van der Waals surface area (Å²) in [5.74, 6) is 5.35. The van der Waals surface area contributed by atoms with Crippen LogP contribution in [-0.2, 0) is 9.53 Å². The van der Waals surface area contributed by atoms with E-state index in [1.165, 1.54) is 70.6 Å². The van der Waals surface area contributed by atoms with Gasteiger partial charge in [-0.2, -0.15) is 0 Å². The minimum atomic E-state index is -0.212. The standard InChI is InChI=1S/C36H54O3/c1-24(23-39-34(38)27-14-7-6-8-15-27)12-11-13-25(2)30-17-18-31-33-29(26(3)37)22-28-16-9-10-20-35(28,4)32(33)19-21-36(30,31)5/h6-8,14-15,24-25,28-33H,9-13,16-23H2,1-5H3/t24?,25-,28?,29?,30-,31+,32+,33+,35+,36-/m1/s1. The lowest BCUT2D eigenvalue weighted by Gasteiger charge is -2.62. The highest BCUT2D eigenvalue weighted by Crippen LogP contribution is 2.69. The van der Waals surface area contributed by atoms with Crippen LogP contribution < -0.4 is 0 Å². The van der Waals surface area contributed by atoms with E-state index in [9.17, 15) is 9.59 Å². The van der Waals surface area contributed by atoms with Crippen LogP contribution >= 0.6 is 0 Å². The largest absolute Gasteiger partial charge is 0.462 e. The molecule has 0 amide bonds. The summed E-state index contributed by atoms with van der Waals surface area (Å²) in [7, 11) is 0. The molecular formula is C36H54O3. The third-order valence-electron chi connectivity index (χ3n) is 12.8. The Bertz CT molecular complexity index is 1000. The van der Waals surface area contributed by atoms with Crippen molar-refractivity contribution in [3.05, 3.63) is 35.9 Å². The fourth-order valence-electron chi connectivity index (χ4n) is 10.7. The topological polar surface area (TPSA) is 43.4 Å². The van der Waals surface area contributed by atoms with Crippen LogP contribution in [0.25, 0.3) is 0 Å². The van der Waals surface area contributed by atoms with Gasteiger partial charge >= 0.3 is 5.97 Å². The van der Waals surface area contributed by atoms with Crippen LogP contribution in [-0.4, -0.2) is 18.4 Å². The lowest BCUT2D eigenvalue weighted by atomic mass is 9.42. The molecule has 4 aliphatic carbocycles.